The molecular formula is C29H22BrN3O3S. The summed E-state index contributed by atoms with van der Waals surface area (Å²) in [5, 5.41) is 4.14. The molecule has 0 amide bonds. The molecular weight excluding hydrogens is 550 g/mol. The molecule has 0 aliphatic carbocycles. The van der Waals surface area contributed by atoms with Gasteiger partial charge < -0.3 is 4.74 Å². The summed E-state index contributed by atoms with van der Waals surface area (Å²) < 4.78 is 8.05. The first-order valence-corrected chi connectivity index (χ1v) is 13.2. The molecule has 1 aliphatic heterocycles. The molecule has 3 aromatic carbocycles. The van der Waals surface area contributed by atoms with Gasteiger partial charge in [-0.1, -0.05) is 88.7 Å². The quantitative estimate of drug-likeness (QED) is 0.247. The smallest absolute Gasteiger partial charge is 0.271 e. The summed E-state index contributed by atoms with van der Waals surface area (Å²) in [4.78, 5) is 32.0. The number of nitrogens with zero attached hydrogens (tertiary/aromatic N) is 3. The summed E-state index contributed by atoms with van der Waals surface area (Å²) in [5.41, 5.74) is 1.69. The van der Waals surface area contributed by atoms with Crippen LogP contribution in [0.4, 0.5) is 0 Å². The van der Waals surface area contributed by atoms with Crippen LogP contribution < -0.4 is 0 Å². The maximum atomic E-state index is 13.9. The predicted molar refractivity (Wildman–Crippen MR) is 149 cm³/mol. The van der Waals surface area contributed by atoms with Gasteiger partial charge in [-0.2, -0.15) is 5.10 Å². The van der Waals surface area contributed by atoms with Gasteiger partial charge in [0.2, 0.25) is 5.12 Å². The normalized spacial score (nSPS) is 17.5. The van der Waals surface area contributed by atoms with Crippen LogP contribution in [0.3, 0.4) is 0 Å². The van der Waals surface area contributed by atoms with Crippen LogP contribution >= 0.6 is 27.7 Å². The molecule has 0 bridgehead atoms. The first kappa shape index (κ1) is 24.9. The van der Waals surface area contributed by atoms with Gasteiger partial charge in [-0.15, -0.1) is 0 Å². The molecule has 8 heteroatoms. The Morgan fingerprint density at radius 3 is 2.38 bits per heavy atom. The molecule has 0 unspecified atom stereocenters. The molecule has 6 nitrogen and oxygen atoms in total. The van der Waals surface area contributed by atoms with Crippen molar-refractivity contribution in [3.63, 3.8) is 0 Å². The van der Waals surface area contributed by atoms with Crippen LogP contribution in [0.15, 0.2) is 119 Å². The summed E-state index contributed by atoms with van der Waals surface area (Å²) in [6, 6.07) is 28.6. The van der Waals surface area contributed by atoms with Crippen LogP contribution in [-0.2, 0) is 22.6 Å². The van der Waals surface area contributed by atoms with Gasteiger partial charge in [0, 0.05) is 46.7 Å². The van der Waals surface area contributed by atoms with E-state index in [1.165, 1.54) is 17.0 Å². The van der Waals surface area contributed by atoms with Gasteiger partial charge in [0.15, 0.2) is 5.54 Å². The largest absolute Gasteiger partial charge is 0.468 e. The monoisotopic (exact) mass is 571 g/mol. The van der Waals surface area contributed by atoms with Gasteiger partial charge in [0.05, 0.1) is 0 Å². The van der Waals surface area contributed by atoms with Crippen molar-refractivity contribution in [1.82, 2.24) is 9.78 Å². The molecule has 37 heavy (non-hydrogen) atoms. The molecule has 1 aliphatic rings. The van der Waals surface area contributed by atoms with Crippen molar-refractivity contribution in [1.29, 1.82) is 0 Å². The molecule has 5 rings (SSSR count). The molecule has 2 heterocycles. The Morgan fingerprint density at radius 1 is 0.973 bits per heavy atom. The standard InChI is InChI=1S/C29H22BrN3O3S/c30-24-14-7-13-23(17-24)25(18-26(34)33-16-8-15-31-33)29(19-21-9-3-1-4-10-21)27(35)37-28(32-29)36-20-22-11-5-2-6-12-22/h1-18H,19-20H2/b25-18+/t29-/m1/s1. The van der Waals surface area contributed by atoms with Crippen LogP contribution in [-0.4, -0.2) is 31.6 Å². The number of hydrogen-bond acceptors (Lipinski definition) is 6. The SMILES string of the molecule is O=C(/C=C(\c1cccc(Br)c1)[C@@]1(Cc2ccccc2)N=C(OCc2ccccc2)SC1=O)n1cccn1. The van der Waals surface area contributed by atoms with Gasteiger partial charge in [-0.25, -0.2) is 9.67 Å². The second kappa shape index (κ2) is 11.1. The van der Waals surface area contributed by atoms with E-state index in [1.54, 1.807) is 12.3 Å². The highest BCUT2D eigenvalue weighted by molar-refractivity contribution is 9.10. The Morgan fingerprint density at radius 2 is 1.70 bits per heavy atom. The zero-order chi connectivity index (χ0) is 25.7. The fraction of sp³-hybridized carbons (Fsp3) is 0.103. The molecule has 0 fully saturated rings. The minimum absolute atomic E-state index is 0.209. The van der Waals surface area contributed by atoms with Crippen molar-refractivity contribution in [2.45, 2.75) is 18.6 Å². The molecule has 0 saturated heterocycles. The topological polar surface area (TPSA) is 73.5 Å². The van der Waals surface area contributed by atoms with E-state index in [-0.39, 0.29) is 29.3 Å². The Balaban J connectivity index is 1.63. The highest BCUT2D eigenvalue weighted by Gasteiger charge is 2.49. The van der Waals surface area contributed by atoms with Crippen molar-refractivity contribution in [3.8, 4) is 0 Å². The minimum Gasteiger partial charge on any atom is -0.468 e. The van der Waals surface area contributed by atoms with E-state index >= 15 is 0 Å². The number of hydrogen-bond donors (Lipinski definition) is 0. The molecule has 184 valence electrons. The zero-order valence-electron chi connectivity index (χ0n) is 19.7. The molecule has 1 aromatic heterocycles. The minimum atomic E-state index is -1.37. The van der Waals surface area contributed by atoms with Gasteiger partial charge >= 0.3 is 0 Å². The van der Waals surface area contributed by atoms with E-state index in [9.17, 15) is 9.59 Å². The number of allylic oxidation sites excluding steroid dienone is 1. The molecule has 0 radical (unpaired) electrons. The Labute approximate surface area is 227 Å². The lowest BCUT2D eigenvalue weighted by Gasteiger charge is -2.27. The summed E-state index contributed by atoms with van der Waals surface area (Å²) in [7, 11) is 0. The fourth-order valence-corrected chi connectivity index (χ4v) is 5.40. The number of halogens is 1. The lowest BCUT2D eigenvalue weighted by molar-refractivity contribution is -0.113. The summed E-state index contributed by atoms with van der Waals surface area (Å²) in [6.45, 7) is 0.281. The lowest BCUT2D eigenvalue weighted by Crippen LogP contribution is -2.37. The van der Waals surface area contributed by atoms with Crippen molar-refractivity contribution >= 4 is 49.5 Å². The van der Waals surface area contributed by atoms with Gasteiger partial charge in [0.1, 0.15) is 6.61 Å². The maximum Gasteiger partial charge on any atom is 0.271 e. The molecule has 0 spiro atoms. The first-order chi connectivity index (χ1) is 18.0. The maximum absolute atomic E-state index is 13.9. The second-order valence-electron chi connectivity index (χ2n) is 8.42. The number of benzene rings is 3. The number of ether oxygens (including phenoxy) is 1. The number of rotatable bonds is 7. The lowest BCUT2D eigenvalue weighted by atomic mass is 9.81. The van der Waals surface area contributed by atoms with E-state index in [2.05, 4.69) is 21.0 Å². The predicted octanol–water partition coefficient (Wildman–Crippen LogP) is 6.20. The summed E-state index contributed by atoms with van der Waals surface area (Å²) >= 11 is 4.49. The highest BCUT2D eigenvalue weighted by Crippen LogP contribution is 2.44. The van der Waals surface area contributed by atoms with E-state index in [1.807, 2.05) is 84.9 Å². The molecule has 0 saturated carbocycles. The van der Waals surface area contributed by atoms with Crippen LogP contribution in [0.5, 0.6) is 0 Å². The van der Waals surface area contributed by atoms with Crippen LogP contribution in [0.25, 0.3) is 5.57 Å². The Hall–Kier alpha value is -3.75. The van der Waals surface area contributed by atoms with Crippen LogP contribution in [0.1, 0.15) is 21.5 Å². The third-order valence-corrected chi connectivity index (χ3v) is 7.29. The highest BCUT2D eigenvalue weighted by atomic mass is 79.9. The average molecular weight is 572 g/mol. The number of aliphatic imine (C=N–C) groups is 1. The van der Waals surface area contributed by atoms with Crippen molar-refractivity contribution in [2.75, 3.05) is 0 Å². The van der Waals surface area contributed by atoms with Crippen molar-refractivity contribution < 1.29 is 14.3 Å². The van der Waals surface area contributed by atoms with E-state index < -0.39 is 5.54 Å². The van der Waals surface area contributed by atoms with Gasteiger partial charge in [-0.3, -0.25) is 9.59 Å². The van der Waals surface area contributed by atoms with E-state index in [0.717, 1.165) is 27.4 Å². The molecule has 0 N–H and O–H groups in total. The van der Waals surface area contributed by atoms with Gasteiger partial charge in [-0.05, 0) is 34.9 Å². The number of carbonyl (C=O) groups is 2. The first-order valence-electron chi connectivity index (χ1n) is 11.6. The Bertz CT molecular complexity index is 1470. The summed E-state index contributed by atoms with van der Waals surface area (Å²) in [5.74, 6) is -0.376. The third-order valence-electron chi connectivity index (χ3n) is 5.89. The van der Waals surface area contributed by atoms with E-state index in [4.69, 9.17) is 9.73 Å². The van der Waals surface area contributed by atoms with Crippen molar-refractivity contribution in [2.24, 2.45) is 4.99 Å². The number of thioether (sulfide) groups is 1. The second-order valence-corrected chi connectivity index (χ2v) is 10.3. The number of aromatic nitrogens is 2. The van der Waals surface area contributed by atoms with E-state index in [0.29, 0.717) is 11.1 Å². The van der Waals surface area contributed by atoms with Crippen molar-refractivity contribution in [3.05, 3.63) is 131 Å². The Kier molecular flexibility index (Phi) is 7.48. The van der Waals surface area contributed by atoms with Crippen LogP contribution in [0, 0.1) is 0 Å². The fourth-order valence-electron chi connectivity index (χ4n) is 4.12. The zero-order valence-corrected chi connectivity index (χ0v) is 22.1. The van der Waals surface area contributed by atoms with Crippen LogP contribution in [0.2, 0.25) is 0 Å². The van der Waals surface area contributed by atoms with Gasteiger partial charge in [0.25, 0.3) is 11.1 Å². The molecule has 1 atom stereocenters. The average Bonchev–Trinajstić information content (AvgIpc) is 3.56. The molecule has 4 aromatic rings. The third kappa shape index (κ3) is 5.65. The number of carbonyl (C=O) groups excluding carboxylic acids is 2. The summed E-state index contributed by atoms with van der Waals surface area (Å²) in [6.07, 6.45) is 4.83.